The molecule has 130 valence electrons. The number of ether oxygens (including phenoxy) is 2. The largest absolute Gasteiger partial charge is 0.492 e. The van der Waals surface area contributed by atoms with Crippen molar-refractivity contribution in [3.63, 3.8) is 0 Å². The normalized spacial score (nSPS) is 13.8. The van der Waals surface area contributed by atoms with Crippen molar-refractivity contribution in [1.82, 2.24) is 20.3 Å². The molecule has 0 saturated carbocycles. The lowest BCUT2D eigenvalue weighted by Gasteiger charge is -2.09. The highest BCUT2D eigenvalue weighted by molar-refractivity contribution is 5.60. The summed E-state index contributed by atoms with van der Waals surface area (Å²) in [4.78, 5) is 0. The molecule has 0 fully saturated rings. The van der Waals surface area contributed by atoms with Crippen LogP contribution in [0.4, 0.5) is 0 Å². The Balaban J connectivity index is 1.45. The molecular formula is C18H20N4O3. The molecule has 1 aliphatic rings. The van der Waals surface area contributed by atoms with Gasteiger partial charge in [0, 0.05) is 49.1 Å². The van der Waals surface area contributed by atoms with Gasteiger partial charge in [0.05, 0.1) is 6.20 Å². The van der Waals surface area contributed by atoms with Crippen LogP contribution in [-0.4, -0.2) is 28.1 Å². The summed E-state index contributed by atoms with van der Waals surface area (Å²) in [5.41, 5.74) is 3.90. The maximum Gasteiger partial charge on any atom is 0.174 e. The fourth-order valence-electron chi connectivity index (χ4n) is 2.77. The van der Waals surface area contributed by atoms with E-state index in [1.165, 1.54) is 0 Å². The number of aromatic nitrogens is 3. The Kier molecular flexibility index (Phi) is 4.15. The number of hydrogen-bond acceptors (Lipinski definition) is 6. The number of fused-ring (bicyclic) bond motifs is 1. The highest BCUT2D eigenvalue weighted by Crippen LogP contribution is 2.27. The summed E-state index contributed by atoms with van der Waals surface area (Å²) >= 11 is 0. The first-order chi connectivity index (χ1) is 12.2. The van der Waals surface area contributed by atoms with Crippen molar-refractivity contribution < 1.29 is 14.0 Å². The third-order valence-electron chi connectivity index (χ3n) is 4.34. The maximum absolute atomic E-state index is 5.83. The van der Waals surface area contributed by atoms with E-state index in [4.69, 9.17) is 14.0 Å². The van der Waals surface area contributed by atoms with Crippen molar-refractivity contribution in [1.29, 1.82) is 0 Å². The Morgan fingerprint density at radius 1 is 1.32 bits per heavy atom. The zero-order valence-electron chi connectivity index (χ0n) is 14.3. The molecule has 7 heteroatoms. The first-order valence-corrected chi connectivity index (χ1v) is 8.24. The second kappa shape index (κ2) is 6.60. The third-order valence-corrected chi connectivity index (χ3v) is 4.34. The molecule has 25 heavy (non-hydrogen) atoms. The minimum atomic E-state index is 0.309. The van der Waals surface area contributed by atoms with Crippen LogP contribution >= 0.6 is 0 Å². The van der Waals surface area contributed by atoms with E-state index in [1.807, 2.05) is 42.9 Å². The van der Waals surface area contributed by atoms with Crippen LogP contribution < -0.4 is 14.8 Å². The van der Waals surface area contributed by atoms with Crippen LogP contribution in [0.5, 0.6) is 11.5 Å². The first-order valence-electron chi connectivity index (χ1n) is 8.24. The maximum atomic E-state index is 5.83. The molecule has 0 bridgehead atoms. The fraction of sp³-hybridized carbons (Fsp3) is 0.333. The SMILES string of the molecule is Cc1c(-c2cc(COc3ccc4c(c3)OCCNC4)on2)cnn1C. The molecule has 0 saturated heterocycles. The van der Waals surface area contributed by atoms with Crippen LogP contribution in [0.25, 0.3) is 11.3 Å². The standard InChI is InChI=1S/C18H20N4O3/c1-12-16(10-20-22(12)2)17-7-15(25-21-17)11-24-14-4-3-13-9-19-5-6-23-18(13)8-14/h3-4,7-8,10,19H,5-6,9,11H2,1-2H3. The Morgan fingerprint density at radius 2 is 2.24 bits per heavy atom. The molecule has 2 aromatic heterocycles. The average Bonchev–Trinajstić information content (AvgIpc) is 3.13. The summed E-state index contributed by atoms with van der Waals surface area (Å²) in [6, 6.07) is 7.77. The zero-order valence-corrected chi connectivity index (χ0v) is 14.3. The van der Waals surface area contributed by atoms with Gasteiger partial charge in [0.25, 0.3) is 0 Å². The number of nitrogens with zero attached hydrogens (tertiary/aromatic N) is 3. The average molecular weight is 340 g/mol. The predicted octanol–water partition coefficient (Wildman–Crippen LogP) is 2.44. The Morgan fingerprint density at radius 3 is 3.08 bits per heavy atom. The monoisotopic (exact) mass is 340 g/mol. The fourth-order valence-corrected chi connectivity index (χ4v) is 2.77. The van der Waals surface area contributed by atoms with E-state index in [0.29, 0.717) is 19.0 Å². The molecule has 7 nitrogen and oxygen atoms in total. The molecule has 4 rings (SSSR count). The van der Waals surface area contributed by atoms with Gasteiger partial charge in [-0.05, 0) is 13.0 Å². The smallest absolute Gasteiger partial charge is 0.174 e. The summed E-state index contributed by atoms with van der Waals surface area (Å²) in [6.45, 7) is 4.62. The molecule has 0 spiro atoms. The lowest BCUT2D eigenvalue weighted by Crippen LogP contribution is -2.16. The quantitative estimate of drug-likeness (QED) is 0.786. The van der Waals surface area contributed by atoms with Gasteiger partial charge in [0.2, 0.25) is 0 Å². The second-order valence-corrected chi connectivity index (χ2v) is 6.03. The van der Waals surface area contributed by atoms with E-state index < -0.39 is 0 Å². The van der Waals surface area contributed by atoms with E-state index in [2.05, 4.69) is 15.6 Å². The molecule has 0 atom stereocenters. The van der Waals surface area contributed by atoms with Gasteiger partial charge >= 0.3 is 0 Å². The number of rotatable bonds is 4. The van der Waals surface area contributed by atoms with Gasteiger partial charge in [-0.15, -0.1) is 0 Å². The van der Waals surface area contributed by atoms with Crippen molar-refractivity contribution >= 4 is 0 Å². The molecule has 3 heterocycles. The highest BCUT2D eigenvalue weighted by Gasteiger charge is 2.13. The number of aryl methyl sites for hydroxylation is 1. The summed E-state index contributed by atoms with van der Waals surface area (Å²) in [5.74, 6) is 2.28. The summed E-state index contributed by atoms with van der Waals surface area (Å²) in [6.07, 6.45) is 1.79. The molecule has 0 aliphatic carbocycles. The molecule has 0 radical (unpaired) electrons. The topological polar surface area (TPSA) is 74.3 Å². The van der Waals surface area contributed by atoms with E-state index in [0.717, 1.165) is 47.1 Å². The van der Waals surface area contributed by atoms with Crippen molar-refractivity contribution in [2.45, 2.75) is 20.1 Å². The van der Waals surface area contributed by atoms with Gasteiger partial charge in [-0.25, -0.2) is 0 Å². The molecule has 1 aromatic carbocycles. The van der Waals surface area contributed by atoms with Gasteiger partial charge in [-0.2, -0.15) is 5.10 Å². The molecule has 0 unspecified atom stereocenters. The first kappa shape index (κ1) is 15.7. The lowest BCUT2D eigenvalue weighted by atomic mass is 10.2. The summed E-state index contributed by atoms with van der Waals surface area (Å²) in [5, 5.41) is 11.7. The van der Waals surface area contributed by atoms with E-state index >= 15 is 0 Å². The van der Waals surface area contributed by atoms with Gasteiger partial charge in [-0.3, -0.25) is 4.68 Å². The number of hydrogen-bond donors (Lipinski definition) is 1. The minimum Gasteiger partial charge on any atom is -0.492 e. The van der Waals surface area contributed by atoms with E-state index in [9.17, 15) is 0 Å². The predicted molar refractivity (Wildman–Crippen MR) is 91.4 cm³/mol. The van der Waals surface area contributed by atoms with Crippen molar-refractivity contribution in [3.8, 4) is 22.8 Å². The molecule has 0 amide bonds. The summed E-state index contributed by atoms with van der Waals surface area (Å²) in [7, 11) is 1.90. The van der Waals surface area contributed by atoms with Crippen LogP contribution in [0.1, 0.15) is 17.0 Å². The van der Waals surface area contributed by atoms with Crippen LogP contribution in [0.3, 0.4) is 0 Å². The van der Waals surface area contributed by atoms with Crippen molar-refractivity contribution in [2.75, 3.05) is 13.2 Å². The molecule has 1 N–H and O–H groups in total. The van der Waals surface area contributed by atoms with Crippen molar-refractivity contribution in [3.05, 3.63) is 47.5 Å². The molecule has 1 aliphatic heterocycles. The number of nitrogens with one attached hydrogen (secondary N) is 1. The van der Waals surface area contributed by atoms with Crippen LogP contribution in [-0.2, 0) is 20.2 Å². The number of benzene rings is 1. The Labute approximate surface area is 145 Å². The molecule has 3 aromatic rings. The van der Waals surface area contributed by atoms with Gasteiger partial charge in [0.1, 0.15) is 30.4 Å². The van der Waals surface area contributed by atoms with Gasteiger partial charge < -0.3 is 19.3 Å². The Hall–Kier alpha value is -2.80. The van der Waals surface area contributed by atoms with Gasteiger partial charge in [-0.1, -0.05) is 11.2 Å². The minimum absolute atomic E-state index is 0.309. The summed E-state index contributed by atoms with van der Waals surface area (Å²) < 4.78 is 18.8. The van der Waals surface area contributed by atoms with E-state index in [1.54, 1.807) is 6.20 Å². The molecular weight excluding hydrogens is 320 g/mol. The second-order valence-electron chi connectivity index (χ2n) is 6.03. The highest BCUT2D eigenvalue weighted by atomic mass is 16.5. The Bertz CT molecular complexity index is 884. The van der Waals surface area contributed by atoms with E-state index in [-0.39, 0.29) is 0 Å². The van der Waals surface area contributed by atoms with Gasteiger partial charge in [0.15, 0.2) is 5.76 Å². The third kappa shape index (κ3) is 3.23. The van der Waals surface area contributed by atoms with Crippen LogP contribution in [0, 0.1) is 6.92 Å². The van der Waals surface area contributed by atoms with Crippen LogP contribution in [0.15, 0.2) is 35.0 Å². The van der Waals surface area contributed by atoms with Crippen molar-refractivity contribution in [2.24, 2.45) is 7.05 Å². The van der Waals surface area contributed by atoms with Crippen LogP contribution in [0.2, 0.25) is 0 Å². The lowest BCUT2D eigenvalue weighted by molar-refractivity contribution is 0.247. The zero-order chi connectivity index (χ0) is 17.2.